The molecular formula is C24H20N2O3S2. The van der Waals surface area contributed by atoms with Gasteiger partial charge in [-0.25, -0.2) is 4.79 Å². The summed E-state index contributed by atoms with van der Waals surface area (Å²) < 4.78 is 7.44. The molecule has 1 saturated heterocycles. The molecule has 0 saturated carbocycles. The number of anilines is 1. The van der Waals surface area contributed by atoms with Crippen LogP contribution in [-0.4, -0.2) is 27.9 Å². The summed E-state index contributed by atoms with van der Waals surface area (Å²) in [6, 6.07) is 18.7. The summed E-state index contributed by atoms with van der Waals surface area (Å²) in [5.74, 6) is -0.533. The minimum Gasteiger partial charge on any atom is -0.465 e. The predicted molar refractivity (Wildman–Crippen MR) is 129 cm³/mol. The lowest BCUT2D eigenvalue weighted by Gasteiger charge is -2.14. The van der Waals surface area contributed by atoms with E-state index in [0.717, 1.165) is 28.3 Å². The number of hydrogen-bond acceptors (Lipinski definition) is 5. The number of nitrogens with zero attached hydrogens (tertiary/aromatic N) is 2. The quantitative estimate of drug-likeness (QED) is 0.309. The van der Waals surface area contributed by atoms with Gasteiger partial charge in [0, 0.05) is 11.4 Å². The van der Waals surface area contributed by atoms with Crippen molar-refractivity contribution in [2.45, 2.75) is 13.8 Å². The molecule has 7 heteroatoms. The average Bonchev–Trinajstić information content (AvgIpc) is 3.22. The third kappa shape index (κ3) is 3.82. The lowest BCUT2D eigenvalue weighted by molar-refractivity contribution is -0.113. The number of amides is 1. The summed E-state index contributed by atoms with van der Waals surface area (Å²) >= 11 is 6.75. The molecule has 2 heterocycles. The molecule has 0 unspecified atom stereocenters. The number of aryl methyl sites for hydroxylation is 1. The van der Waals surface area contributed by atoms with Crippen LogP contribution in [0.5, 0.6) is 0 Å². The van der Waals surface area contributed by atoms with Crippen molar-refractivity contribution in [2.24, 2.45) is 0 Å². The molecule has 1 aliphatic heterocycles. The van der Waals surface area contributed by atoms with Crippen LogP contribution in [0.25, 0.3) is 11.8 Å². The molecule has 0 atom stereocenters. The molecule has 1 aromatic heterocycles. The zero-order chi connectivity index (χ0) is 22.1. The van der Waals surface area contributed by atoms with Crippen LogP contribution in [0.1, 0.15) is 27.3 Å². The second-order valence-electron chi connectivity index (χ2n) is 7.02. The first kappa shape index (κ1) is 21.1. The standard InChI is InChI=1S/C24H20N2O3S2/c1-15-13-17(16(2)25(15)20-12-8-7-11-19(20)23(28)29-3)14-21-22(27)26(24(30)31-21)18-9-5-4-6-10-18/h4-14H,1-3H3/b21-14+. The monoisotopic (exact) mass is 448 g/mol. The number of carbonyl (C=O) groups is 2. The van der Waals surface area contributed by atoms with Gasteiger partial charge in [-0.2, -0.15) is 0 Å². The van der Waals surface area contributed by atoms with Crippen molar-refractivity contribution >= 4 is 51.9 Å². The van der Waals surface area contributed by atoms with E-state index < -0.39 is 5.97 Å². The Hall–Kier alpha value is -3.16. The third-order valence-corrected chi connectivity index (χ3v) is 6.42. The molecule has 31 heavy (non-hydrogen) atoms. The van der Waals surface area contributed by atoms with Gasteiger partial charge in [-0.05, 0) is 55.8 Å². The minimum absolute atomic E-state index is 0.138. The minimum atomic E-state index is -0.395. The Bertz CT molecular complexity index is 1230. The van der Waals surface area contributed by atoms with Crippen LogP contribution in [-0.2, 0) is 9.53 Å². The van der Waals surface area contributed by atoms with E-state index >= 15 is 0 Å². The number of hydrogen-bond donors (Lipinski definition) is 0. The Balaban J connectivity index is 1.74. The second-order valence-corrected chi connectivity index (χ2v) is 8.70. The van der Waals surface area contributed by atoms with Crippen molar-refractivity contribution in [3.05, 3.63) is 88.1 Å². The smallest absolute Gasteiger partial charge is 0.339 e. The van der Waals surface area contributed by atoms with Crippen molar-refractivity contribution < 1.29 is 14.3 Å². The Kier molecular flexibility index (Phi) is 5.80. The molecule has 0 radical (unpaired) electrons. The fourth-order valence-electron chi connectivity index (χ4n) is 3.66. The number of carbonyl (C=O) groups excluding carboxylic acids is 2. The largest absolute Gasteiger partial charge is 0.465 e. The molecule has 0 spiro atoms. The first-order valence-electron chi connectivity index (χ1n) is 9.62. The SMILES string of the molecule is COC(=O)c1ccccc1-n1c(C)cc(/C=C2/SC(=S)N(c3ccccc3)C2=O)c1C. The summed E-state index contributed by atoms with van der Waals surface area (Å²) in [5, 5.41) is 0. The average molecular weight is 449 g/mol. The van der Waals surface area contributed by atoms with Gasteiger partial charge in [0.25, 0.3) is 5.91 Å². The lowest BCUT2D eigenvalue weighted by atomic mass is 10.1. The van der Waals surface area contributed by atoms with E-state index in [2.05, 4.69) is 0 Å². The van der Waals surface area contributed by atoms with Gasteiger partial charge in [0.1, 0.15) is 0 Å². The van der Waals surface area contributed by atoms with Gasteiger partial charge in [0.2, 0.25) is 0 Å². The summed E-state index contributed by atoms with van der Waals surface area (Å²) in [4.78, 5) is 27.4. The number of benzene rings is 2. The summed E-state index contributed by atoms with van der Waals surface area (Å²) in [7, 11) is 1.37. The molecule has 5 nitrogen and oxygen atoms in total. The lowest BCUT2D eigenvalue weighted by Crippen LogP contribution is -2.27. The maximum Gasteiger partial charge on any atom is 0.339 e. The van der Waals surface area contributed by atoms with Crippen molar-refractivity contribution in [3.63, 3.8) is 0 Å². The van der Waals surface area contributed by atoms with E-state index in [1.807, 2.05) is 73.0 Å². The molecule has 1 aliphatic rings. The van der Waals surface area contributed by atoms with E-state index in [1.54, 1.807) is 17.0 Å². The number of methoxy groups -OCH3 is 1. The van der Waals surface area contributed by atoms with Crippen LogP contribution in [0, 0.1) is 13.8 Å². The Morgan fingerprint density at radius 3 is 2.45 bits per heavy atom. The van der Waals surface area contributed by atoms with Crippen LogP contribution in [0.4, 0.5) is 5.69 Å². The molecule has 3 aromatic rings. The van der Waals surface area contributed by atoms with Gasteiger partial charge in [0.05, 0.1) is 29.0 Å². The maximum absolute atomic E-state index is 13.1. The van der Waals surface area contributed by atoms with E-state index in [-0.39, 0.29) is 5.91 Å². The summed E-state index contributed by atoms with van der Waals surface area (Å²) in [5.41, 5.74) is 4.73. The first-order valence-corrected chi connectivity index (χ1v) is 10.8. The molecule has 1 fully saturated rings. The van der Waals surface area contributed by atoms with E-state index in [0.29, 0.717) is 14.8 Å². The number of esters is 1. The molecule has 4 rings (SSSR count). The fourth-order valence-corrected chi connectivity index (χ4v) is 4.95. The number of para-hydroxylation sites is 2. The van der Waals surface area contributed by atoms with E-state index in [4.69, 9.17) is 17.0 Å². The van der Waals surface area contributed by atoms with Crippen LogP contribution in [0.2, 0.25) is 0 Å². The van der Waals surface area contributed by atoms with Crippen molar-refractivity contribution in [1.29, 1.82) is 0 Å². The Labute approximate surface area is 190 Å². The number of aromatic nitrogens is 1. The van der Waals surface area contributed by atoms with Crippen LogP contribution in [0.15, 0.2) is 65.6 Å². The zero-order valence-electron chi connectivity index (χ0n) is 17.3. The molecule has 2 aromatic carbocycles. The first-order chi connectivity index (χ1) is 14.9. The van der Waals surface area contributed by atoms with Gasteiger partial charge < -0.3 is 9.30 Å². The normalized spacial score (nSPS) is 15.1. The zero-order valence-corrected chi connectivity index (χ0v) is 18.9. The predicted octanol–water partition coefficient (Wildman–Crippen LogP) is 5.29. The highest BCUT2D eigenvalue weighted by Gasteiger charge is 2.33. The highest BCUT2D eigenvalue weighted by Crippen LogP contribution is 2.37. The van der Waals surface area contributed by atoms with Gasteiger partial charge >= 0.3 is 5.97 Å². The highest BCUT2D eigenvalue weighted by molar-refractivity contribution is 8.27. The molecule has 1 amide bonds. The van der Waals surface area contributed by atoms with Crippen LogP contribution < -0.4 is 4.90 Å². The van der Waals surface area contributed by atoms with E-state index in [9.17, 15) is 9.59 Å². The van der Waals surface area contributed by atoms with Crippen LogP contribution >= 0.6 is 24.0 Å². The van der Waals surface area contributed by atoms with E-state index in [1.165, 1.54) is 18.9 Å². The Morgan fingerprint density at radius 2 is 1.74 bits per heavy atom. The number of thiocarbonyl (C=S) groups is 1. The van der Waals surface area contributed by atoms with Gasteiger partial charge in [-0.1, -0.05) is 54.3 Å². The van der Waals surface area contributed by atoms with Crippen LogP contribution in [0.3, 0.4) is 0 Å². The highest BCUT2D eigenvalue weighted by atomic mass is 32.2. The van der Waals surface area contributed by atoms with Crippen molar-refractivity contribution in [2.75, 3.05) is 12.0 Å². The topological polar surface area (TPSA) is 51.5 Å². The number of thioether (sulfide) groups is 1. The van der Waals surface area contributed by atoms with Gasteiger partial charge in [-0.3, -0.25) is 9.69 Å². The van der Waals surface area contributed by atoms with Crippen molar-refractivity contribution in [3.8, 4) is 5.69 Å². The molecular weight excluding hydrogens is 428 g/mol. The summed E-state index contributed by atoms with van der Waals surface area (Å²) in [6.07, 6.45) is 1.86. The fraction of sp³-hybridized carbons (Fsp3) is 0.125. The number of rotatable bonds is 4. The molecule has 0 aliphatic carbocycles. The maximum atomic E-state index is 13.1. The molecule has 156 valence electrons. The Morgan fingerprint density at radius 1 is 1.06 bits per heavy atom. The number of ether oxygens (including phenoxy) is 1. The third-order valence-electron chi connectivity index (χ3n) is 5.12. The second kappa shape index (κ2) is 8.53. The molecule has 0 bridgehead atoms. The summed E-state index contributed by atoms with van der Waals surface area (Å²) in [6.45, 7) is 3.93. The van der Waals surface area contributed by atoms with Crippen molar-refractivity contribution in [1.82, 2.24) is 4.57 Å². The molecule has 0 N–H and O–H groups in total. The van der Waals surface area contributed by atoms with Gasteiger partial charge in [0.15, 0.2) is 4.32 Å². The van der Waals surface area contributed by atoms with Gasteiger partial charge in [-0.15, -0.1) is 0 Å².